The summed E-state index contributed by atoms with van der Waals surface area (Å²) in [5.74, 6) is 0. The van der Waals surface area contributed by atoms with E-state index in [0.29, 0.717) is 12.3 Å². The molecular formula is C11H16N4O. The normalized spacial score (nSPS) is 9.75. The molecule has 0 bridgehead atoms. The van der Waals surface area contributed by atoms with Crippen LogP contribution in [0, 0.1) is 11.3 Å². The molecular weight excluding hydrogens is 204 g/mol. The zero-order valence-corrected chi connectivity index (χ0v) is 9.36. The maximum Gasteiger partial charge on any atom is 0.163 e. The zero-order chi connectivity index (χ0) is 11.6. The van der Waals surface area contributed by atoms with Gasteiger partial charge in [-0.15, -0.1) is 0 Å². The number of ether oxygens (including phenoxy) is 1. The van der Waals surface area contributed by atoms with E-state index >= 15 is 0 Å². The van der Waals surface area contributed by atoms with Crippen molar-refractivity contribution < 1.29 is 4.74 Å². The van der Waals surface area contributed by atoms with Gasteiger partial charge in [0.2, 0.25) is 0 Å². The largest absolute Gasteiger partial charge is 0.383 e. The average Bonchev–Trinajstić information content (AvgIpc) is 2.34. The van der Waals surface area contributed by atoms with E-state index in [4.69, 9.17) is 10.00 Å². The number of rotatable bonds is 7. The molecule has 5 heteroatoms. The second kappa shape index (κ2) is 7.63. The highest BCUT2D eigenvalue weighted by molar-refractivity contribution is 5.53. The minimum atomic E-state index is 0.430. The van der Waals surface area contributed by atoms with Gasteiger partial charge in [0.25, 0.3) is 0 Å². The highest BCUT2D eigenvalue weighted by atomic mass is 16.5. The summed E-state index contributed by atoms with van der Waals surface area (Å²) in [6.45, 7) is 3.11. The third kappa shape index (κ3) is 4.26. The van der Waals surface area contributed by atoms with Crippen molar-refractivity contribution in [2.24, 2.45) is 0 Å². The first-order valence-electron chi connectivity index (χ1n) is 5.17. The van der Waals surface area contributed by atoms with Crippen LogP contribution < -0.4 is 10.6 Å². The summed E-state index contributed by atoms with van der Waals surface area (Å²) in [6.07, 6.45) is 1.61. The van der Waals surface area contributed by atoms with E-state index in [-0.39, 0.29) is 0 Å². The third-order valence-electron chi connectivity index (χ3n) is 2.01. The lowest BCUT2D eigenvalue weighted by atomic mass is 10.3. The molecule has 0 aliphatic heterocycles. The molecule has 0 radical (unpaired) electrons. The molecule has 0 aromatic carbocycles. The van der Waals surface area contributed by atoms with E-state index in [1.165, 1.54) is 0 Å². The topological polar surface area (TPSA) is 70.0 Å². The Morgan fingerprint density at radius 1 is 1.44 bits per heavy atom. The molecule has 86 valence electrons. The number of pyridine rings is 1. The van der Waals surface area contributed by atoms with Crippen LogP contribution in [-0.4, -0.2) is 38.3 Å². The predicted octanol–water partition coefficient (Wildman–Crippen LogP) is 0.601. The Balaban J connectivity index is 2.24. The van der Waals surface area contributed by atoms with Gasteiger partial charge < -0.3 is 15.4 Å². The van der Waals surface area contributed by atoms with Crippen LogP contribution in [0.2, 0.25) is 0 Å². The van der Waals surface area contributed by atoms with Crippen molar-refractivity contribution >= 4 is 5.69 Å². The Morgan fingerprint density at radius 2 is 2.31 bits per heavy atom. The van der Waals surface area contributed by atoms with Crippen LogP contribution in [0.4, 0.5) is 5.69 Å². The second-order valence-electron chi connectivity index (χ2n) is 3.18. The number of hydrogen-bond donors (Lipinski definition) is 2. The molecule has 0 saturated heterocycles. The van der Waals surface area contributed by atoms with Gasteiger partial charge in [-0.3, -0.25) is 0 Å². The van der Waals surface area contributed by atoms with Crippen LogP contribution in [0.25, 0.3) is 0 Å². The molecule has 2 N–H and O–H groups in total. The molecule has 0 spiro atoms. The molecule has 1 heterocycles. The monoisotopic (exact) mass is 220 g/mol. The lowest BCUT2D eigenvalue weighted by Crippen LogP contribution is -2.25. The fraction of sp³-hybridized carbons (Fsp3) is 0.455. The van der Waals surface area contributed by atoms with Gasteiger partial charge in [0.15, 0.2) is 5.69 Å². The first-order valence-corrected chi connectivity index (χ1v) is 5.17. The van der Waals surface area contributed by atoms with Crippen molar-refractivity contribution in [2.75, 3.05) is 38.7 Å². The summed E-state index contributed by atoms with van der Waals surface area (Å²) in [7, 11) is 1.68. The van der Waals surface area contributed by atoms with Gasteiger partial charge in [-0.05, 0) is 12.1 Å². The van der Waals surface area contributed by atoms with Gasteiger partial charge >= 0.3 is 0 Å². The number of aromatic nitrogens is 1. The first-order chi connectivity index (χ1) is 7.88. The third-order valence-corrected chi connectivity index (χ3v) is 2.01. The van der Waals surface area contributed by atoms with Crippen molar-refractivity contribution in [1.82, 2.24) is 10.3 Å². The van der Waals surface area contributed by atoms with Crippen molar-refractivity contribution in [1.29, 1.82) is 5.26 Å². The molecule has 0 atom stereocenters. The quantitative estimate of drug-likeness (QED) is 0.658. The molecule has 0 aliphatic rings. The Bertz CT molecular complexity index is 348. The number of hydrogen-bond acceptors (Lipinski definition) is 5. The standard InChI is InChI=1S/C11H16N4O/c1-16-8-7-13-5-6-15-10-3-2-4-14-11(10)9-12/h2-4,13,15H,5-8H2,1H3. The predicted molar refractivity (Wildman–Crippen MR) is 62.2 cm³/mol. The maximum absolute atomic E-state index is 8.81. The average molecular weight is 220 g/mol. The lowest BCUT2D eigenvalue weighted by Gasteiger charge is -2.07. The van der Waals surface area contributed by atoms with Gasteiger partial charge in [0.05, 0.1) is 12.3 Å². The number of nitrogens with zero attached hydrogens (tertiary/aromatic N) is 2. The highest BCUT2D eigenvalue weighted by Gasteiger charge is 1.99. The lowest BCUT2D eigenvalue weighted by molar-refractivity contribution is 0.200. The molecule has 1 aromatic heterocycles. The van der Waals surface area contributed by atoms with Gasteiger partial charge in [0, 0.05) is 32.9 Å². The SMILES string of the molecule is COCCNCCNc1cccnc1C#N. The molecule has 5 nitrogen and oxygen atoms in total. The van der Waals surface area contributed by atoms with E-state index in [1.54, 1.807) is 13.3 Å². The Labute approximate surface area is 95.4 Å². The van der Waals surface area contributed by atoms with Crippen LogP contribution in [0.15, 0.2) is 18.3 Å². The van der Waals surface area contributed by atoms with Gasteiger partial charge in [-0.1, -0.05) is 0 Å². The molecule has 1 rings (SSSR count). The fourth-order valence-corrected chi connectivity index (χ4v) is 1.22. The highest BCUT2D eigenvalue weighted by Crippen LogP contribution is 2.09. The van der Waals surface area contributed by atoms with Crippen LogP contribution in [-0.2, 0) is 4.74 Å². The molecule has 16 heavy (non-hydrogen) atoms. The van der Waals surface area contributed by atoms with Crippen molar-refractivity contribution in [3.8, 4) is 6.07 Å². The van der Waals surface area contributed by atoms with Gasteiger partial charge in [-0.25, -0.2) is 4.98 Å². The molecule has 0 amide bonds. The molecule has 0 aliphatic carbocycles. The summed E-state index contributed by atoms with van der Waals surface area (Å²) in [4.78, 5) is 3.96. The summed E-state index contributed by atoms with van der Waals surface area (Å²) >= 11 is 0. The molecule has 0 unspecified atom stereocenters. The minimum Gasteiger partial charge on any atom is -0.383 e. The van der Waals surface area contributed by atoms with Crippen LogP contribution in [0.1, 0.15) is 5.69 Å². The van der Waals surface area contributed by atoms with Gasteiger partial charge in [-0.2, -0.15) is 5.26 Å². The van der Waals surface area contributed by atoms with E-state index < -0.39 is 0 Å². The summed E-state index contributed by atoms with van der Waals surface area (Å²) in [6, 6.07) is 5.70. The van der Waals surface area contributed by atoms with Crippen LogP contribution in [0.3, 0.4) is 0 Å². The summed E-state index contributed by atoms with van der Waals surface area (Å²) < 4.78 is 4.91. The zero-order valence-electron chi connectivity index (χ0n) is 9.36. The smallest absolute Gasteiger partial charge is 0.163 e. The van der Waals surface area contributed by atoms with Crippen LogP contribution >= 0.6 is 0 Å². The van der Waals surface area contributed by atoms with E-state index in [2.05, 4.69) is 15.6 Å². The molecule has 0 fully saturated rings. The number of nitriles is 1. The van der Waals surface area contributed by atoms with Crippen molar-refractivity contribution in [3.05, 3.63) is 24.0 Å². The fourth-order valence-electron chi connectivity index (χ4n) is 1.22. The summed E-state index contributed by atoms with van der Waals surface area (Å²) in [5, 5.41) is 15.2. The number of methoxy groups -OCH3 is 1. The van der Waals surface area contributed by atoms with Crippen LogP contribution in [0.5, 0.6) is 0 Å². The van der Waals surface area contributed by atoms with Crippen molar-refractivity contribution in [2.45, 2.75) is 0 Å². The Morgan fingerprint density at radius 3 is 3.06 bits per heavy atom. The first kappa shape index (κ1) is 12.4. The maximum atomic E-state index is 8.81. The van der Waals surface area contributed by atoms with E-state index in [0.717, 1.165) is 25.3 Å². The Kier molecular flexibility index (Phi) is 5.92. The second-order valence-corrected chi connectivity index (χ2v) is 3.18. The summed E-state index contributed by atoms with van der Waals surface area (Å²) in [5.41, 5.74) is 1.21. The molecule has 1 aromatic rings. The number of anilines is 1. The van der Waals surface area contributed by atoms with E-state index in [9.17, 15) is 0 Å². The van der Waals surface area contributed by atoms with Crippen molar-refractivity contribution in [3.63, 3.8) is 0 Å². The molecule has 0 saturated carbocycles. The number of nitrogens with one attached hydrogen (secondary N) is 2. The van der Waals surface area contributed by atoms with Gasteiger partial charge in [0.1, 0.15) is 6.07 Å². The minimum absolute atomic E-state index is 0.430. The Hall–Kier alpha value is -1.64. The van der Waals surface area contributed by atoms with E-state index in [1.807, 2.05) is 18.2 Å².